The summed E-state index contributed by atoms with van der Waals surface area (Å²) in [5.41, 5.74) is 1.15. The summed E-state index contributed by atoms with van der Waals surface area (Å²) in [6.45, 7) is 2.46. The largest absolute Gasteiger partial charge is 0.490 e. The van der Waals surface area contributed by atoms with E-state index in [-0.39, 0.29) is 6.61 Å². The van der Waals surface area contributed by atoms with Crippen LogP contribution in [-0.2, 0) is 6.54 Å². The third-order valence-corrected chi connectivity index (χ3v) is 4.04. The fourth-order valence-corrected chi connectivity index (χ4v) is 2.78. The van der Waals surface area contributed by atoms with E-state index in [0.29, 0.717) is 12.6 Å². The molecule has 0 amide bonds. The van der Waals surface area contributed by atoms with Crippen LogP contribution in [0.1, 0.15) is 31.2 Å². The van der Waals surface area contributed by atoms with Gasteiger partial charge in [-0.2, -0.15) is 0 Å². The first-order valence-corrected chi connectivity index (χ1v) is 7.60. The van der Waals surface area contributed by atoms with Gasteiger partial charge < -0.3 is 19.9 Å². The van der Waals surface area contributed by atoms with Crippen molar-refractivity contribution in [2.24, 2.45) is 5.92 Å². The normalized spacial score (nSPS) is 19.4. The zero-order valence-electron chi connectivity index (χ0n) is 11.8. The lowest BCUT2D eigenvalue weighted by molar-refractivity contribution is 0.255. The second-order valence-electron chi connectivity index (χ2n) is 5.63. The second-order valence-corrected chi connectivity index (χ2v) is 5.63. The lowest BCUT2D eigenvalue weighted by atomic mass is 10.1. The molecule has 4 nitrogen and oxygen atoms in total. The number of nitrogens with one attached hydrogen (secondary N) is 1. The molecule has 1 aliphatic carbocycles. The van der Waals surface area contributed by atoms with Crippen molar-refractivity contribution in [3.8, 4) is 11.5 Å². The number of hydrogen-bond donors (Lipinski definition) is 2. The molecular weight excluding hydrogens is 254 g/mol. The van der Waals surface area contributed by atoms with E-state index in [1.807, 2.05) is 12.1 Å². The molecule has 1 aliphatic heterocycles. The van der Waals surface area contributed by atoms with Gasteiger partial charge >= 0.3 is 0 Å². The Morgan fingerprint density at radius 1 is 1.25 bits per heavy atom. The number of para-hydroxylation sites is 1. The van der Waals surface area contributed by atoms with Crippen molar-refractivity contribution in [1.82, 2.24) is 5.32 Å². The maximum Gasteiger partial charge on any atom is 0.165 e. The lowest BCUT2D eigenvalue weighted by Gasteiger charge is -2.19. The van der Waals surface area contributed by atoms with Crippen LogP contribution in [0, 0.1) is 5.92 Å². The minimum Gasteiger partial charge on any atom is -0.490 e. The Hall–Kier alpha value is -1.26. The van der Waals surface area contributed by atoms with Gasteiger partial charge in [0.1, 0.15) is 0 Å². The van der Waals surface area contributed by atoms with Crippen LogP contribution in [0.25, 0.3) is 0 Å². The van der Waals surface area contributed by atoms with Crippen LogP contribution < -0.4 is 14.8 Å². The summed E-state index contributed by atoms with van der Waals surface area (Å²) in [5.74, 6) is 2.48. The van der Waals surface area contributed by atoms with E-state index >= 15 is 0 Å². The van der Waals surface area contributed by atoms with Gasteiger partial charge in [0.25, 0.3) is 0 Å². The molecule has 0 unspecified atom stereocenters. The Kier molecular flexibility index (Phi) is 4.43. The third-order valence-electron chi connectivity index (χ3n) is 4.04. The molecule has 4 heteroatoms. The van der Waals surface area contributed by atoms with Crippen LogP contribution in [0.5, 0.6) is 11.5 Å². The molecule has 110 valence electrons. The van der Waals surface area contributed by atoms with Crippen LogP contribution in [-0.4, -0.2) is 31.0 Å². The van der Waals surface area contributed by atoms with E-state index < -0.39 is 0 Å². The zero-order valence-corrected chi connectivity index (χ0v) is 11.8. The van der Waals surface area contributed by atoms with E-state index in [1.165, 1.54) is 12.8 Å². The molecular formula is C16H23NO3. The first-order chi connectivity index (χ1) is 9.88. The van der Waals surface area contributed by atoms with Crippen LogP contribution in [0.4, 0.5) is 0 Å². The Morgan fingerprint density at radius 3 is 2.90 bits per heavy atom. The van der Waals surface area contributed by atoms with Crippen molar-refractivity contribution >= 4 is 0 Å². The lowest BCUT2D eigenvalue weighted by Crippen LogP contribution is -2.31. The van der Waals surface area contributed by atoms with Crippen molar-refractivity contribution in [2.75, 3.05) is 19.8 Å². The fourth-order valence-electron chi connectivity index (χ4n) is 2.78. The number of benzene rings is 1. The Labute approximate surface area is 120 Å². The summed E-state index contributed by atoms with van der Waals surface area (Å²) >= 11 is 0. The SMILES string of the molecule is OCC[C@@H](NCc1cccc2c1OCCCO2)C1CC1. The molecule has 0 saturated heterocycles. The summed E-state index contributed by atoms with van der Waals surface area (Å²) in [7, 11) is 0. The summed E-state index contributed by atoms with van der Waals surface area (Å²) in [4.78, 5) is 0. The predicted molar refractivity (Wildman–Crippen MR) is 77.1 cm³/mol. The highest BCUT2D eigenvalue weighted by atomic mass is 16.5. The van der Waals surface area contributed by atoms with Gasteiger partial charge in [0.15, 0.2) is 11.5 Å². The molecule has 20 heavy (non-hydrogen) atoms. The average molecular weight is 277 g/mol. The number of aliphatic hydroxyl groups is 1. The van der Waals surface area contributed by atoms with Crippen LogP contribution in [0.2, 0.25) is 0 Å². The maximum absolute atomic E-state index is 9.16. The van der Waals surface area contributed by atoms with Crippen LogP contribution in [0.3, 0.4) is 0 Å². The van der Waals surface area contributed by atoms with Crippen LogP contribution >= 0.6 is 0 Å². The fraction of sp³-hybridized carbons (Fsp3) is 0.625. The van der Waals surface area contributed by atoms with Crippen LogP contribution in [0.15, 0.2) is 18.2 Å². The molecule has 3 rings (SSSR count). The summed E-state index contributed by atoms with van der Waals surface area (Å²) in [6.07, 6.45) is 4.32. The molecule has 1 fully saturated rings. The van der Waals surface area contributed by atoms with E-state index in [9.17, 15) is 0 Å². The number of hydrogen-bond acceptors (Lipinski definition) is 4. The maximum atomic E-state index is 9.16. The van der Waals surface area contributed by atoms with Gasteiger partial charge in [-0.15, -0.1) is 0 Å². The van der Waals surface area contributed by atoms with Gasteiger partial charge in [-0.25, -0.2) is 0 Å². The molecule has 2 aliphatic rings. The smallest absolute Gasteiger partial charge is 0.165 e. The highest BCUT2D eigenvalue weighted by Crippen LogP contribution is 2.36. The Balaban J connectivity index is 1.67. The van der Waals surface area contributed by atoms with Gasteiger partial charge in [0.2, 0.25) is 0 Å². The number of aliphatic hydroxyl groups excluding tert-OH is 1. The topological polar surface area (TPSA) is 50.7 Å². The molecule has 0 aromatic heterocycles. The zero-order chi connectivity index (χ0) is 13.8. The standard InChI is InChI=1S/C16H23NO3/c18-8-7-14(12-5-6-12)17-11-13-3-1-4-15-16(13)20-10-2-9-19-15/h1,3-4,12,14,17-18H,2,5-11H2/t14-/m1/s1. The molecule has 0 spiro atoms. The van der Waals surface area contributed by atoms with Crippen molar-refractivity contribution in [3.63, 3.8) is 0 Å². The first-order valence-electron chi connectivity index (χ1n) is 7.60. The van der Waals surface area contributed by atoms with E-state index in [2.05, 4.69) is 11.4 Å². The monoisotopic (exact) mass is 277 g/mol. The van der Waals surface area contributed by atoms with Gasteiger partial charge in [-0.1, -0.05) is 12.1 Å². The van der Waals surface area contributed by atoms with Gasteiger partial charge in [-0.05, 0) is 31.2 Å². The molecule has 1 aromatic carbocycles. The Morgan fingerprint density at radius 2 is 2.10 bits per heavy atom. The number of fused-ring (bicyclic) bond motifs is 1. The summed E-state index contributed by atoms with van der Waals surface area (Å²) in [6, 6.07) is 6.49. The molecule has 1 atom stereocenters. The second kappa shape index (κ2) is 6.46. The quantitative estimate of drug-likeness (QED) is 0.836. The van der Waals surface area contributed by atoms with Gasteiger partial charge in [0.05, 0.1) is 13.2 Å². The molecule has 0 radical (unpaired) electrons. The Bertz CT molecular complexity index is 445. The molecule has 2 N–H and O–H groups in total. The number of rotatable bonds is 6. The van der Waals surface area contributed by atoms with Crippen molar-refractivity contribution in [2.45, 2.75) is 38.3 Å². The van der Waals surface area contributed by atoms with Crippen molar-refractivity contribution in [3.05, 3.63) is 23.8 Å². The highest BCUT2D eigenvalue weighted by Gasteiger charge is 2.30. The van der Waals surface area contributed by atoms with Crippen molar-refractivity contribution < 1.29 is 14.6 Å². The molecule has 1 saturated carbocycles. The molecule has 1 aromatic rings. The first kappa shape index (κ1) is 13.7. The van der Waals surface area contributed by atoms with E-state index in [0.717, 1.165) is 49.0 Å². The minimum absolute atomic E-state index is 0.251. The third kappa shape index (κ3) is 3.25. The van der Waals surface area contributed by atoms with E-state index in [4.69, 9.17) is 14.6 Å². The predicted octanol–water partition coefficient (Wildman–Crippen LogP) is 2.10. The van der Waals surface area contributed by atoms with E-state index in [1.54, 1.807) is 0 Å². The van der Waals surface area contributed by atoms with Gasteiger partial charge in [0, 0.05) is 31.2 Å². The van der Waals surface area contributed by atoms with Crippen molar-refractivity contribution in [1.29, 1.82) is 0 Å². The summed E-state index contributed by atoms with van der Waals surface area (Å²) in [5, 5.41) is 12.7. The molecule has 0 bridgehead atoms. The number of ether oxygens (including phenoxy) is 2. The summed E-state index contributed by atoms with van der Waals surface area (Å²) < 4.78 is 11.5. The molecule has 1 heterocycles. The minimum atomic E-state index is 0.251. The highest BCUT2D eigenvalue weighted by molar-refractivity contribution is 5.47. The average Bonchev–Trinajstić information content (AvgIpc) is 3.29. The van der Waals surface area contributed by atoms with Gasteiger partial charge in [-0.3, -0.25) is 0 Å².